The lowest BCUT2D eigenvalue weighted by Gasteiger charge is -2.05. The maximum absolute atomic E-state index is 8.83. The minimum Gasteiger partial charge on any atom is -0.377 e. The van der Waals surface area contributed by atoms with Crippen molar-refractivity contribution in [3.05, 3.63) is 28.9 Å². The average Bonchev–Trinajstić information content (AvgIpc) is 2.87. The number of thiophene rings is 1. The molecule has 5 nitrogen and oxygen atoms in total. The maximum Gasteiger partial charge on any atom is 0.157 e. The molecular formula is C12H12N4OS. The quantitative estimate of drug-likeness (QED) is 0.913. The van der Waals surface area contributed by atoms with Gasteiger partial charge in [0, 0.05) is 20.2 Å². The Hall–Kier alpha value is -1.97. The van der Waals surface area contributed by atoms with Crippen LogP contribution in [0.5, 0.6) is 0 Å². The van der Waals surface area contributed by atoms with Gasteiger partial charge in [0.05, 0.1) is 10.6 Å². The normalized spacial score (nSPS) is 10.1. The Kier molecular flexibility index (Phi) is 3.87. The van der Waals surface area contributed by atoms with E-state index >= 15 is 0 Å². The summed E-state index contributed by atoms with van der Waals surface area (Å²) in [6, 6.07) is 7.65. The van der Waals surface area contributed by atoms with Gasteiger partial charge < -0.3 is 10.1 Å². The topological polar surface area (TPSA) is 70.8 Å². The third-order valence-corrected chi connectivity index (χ3v) is 3.28. The van der Waals surface area contributed by atoms with Crippen molar-refractivity contribution in [2.24, 2.45) is 0 Å². The number of nitriles is 1. The second-order valence-corrected chi connectivity index (χ2v) is 4.60. The highest BCUT2D eigenvalue weighted by molar-refractivity contribution is 7.15. The number of nitrogens with one attached hydrogen (secondary N) is 1. The zero-order valence-corrected chi connectivity index (χ0v) is 10.9. The summed E-state index contributed by atoms with van der Waals surface area (Å²) in [5, 5.41) is 11.8. The fraction of sp³-hybridized carbons (Fsp3) is 0.250. The lowest BCUT2D eigenvalue weighted by atomic mass is 10.3. The third-order valence-electron chi connectivity index (χ3n) is 2.27. The van der Waals surface area contributed by atoms with Gasteiger partial charge in [0.25, 0.3) is 0 Å². The molecular weight excluding hydrogens is 248 g/mol. The second-order valence-electron chi connectivity index (χ2n) is 3.51. The van der Waals surface area contributed by atoms with Gasteiger partial charge in [0.1, 0.15) is 23.4 Å². The molecule has 0 unspecified atom stereocenters. The Labute approximate surface area is 109 Å². The van der Waals surface area contributed by atoms with Crippen molar-refractivity contribution < 1.29 is 4.74 Å². The maximum atomic E-state index is 8.83. The summed E-state index contributed by atoms with van der Waals surface area (Å²) in [7, 11) is 3.41. The molecule has 0 aliphatic rings. The zero-order valence-electron chi connectivity index (χ0n) is 10.1. The van der Waals surface area contributed by atoms with E-state index in [0.29, 0.717) is 17.3 Å². The molecule has 0 amide bonds. The Morgan fingerprint density at radius 1 is 1.44 bits per heavy atom. The van der Waals surface area contributed by atoms with Gasteiger partial charge in [-0.25, -0.2) is 9.97 Å². The molecule has 92 valence electrons. The van der Waals surface area contributed by atoms with Crippen molar-refractivity contribution in [1.82, 2.24) is 9.97 Å². The molecule has 0 radical (unpaired) electrons. The number of aromatic nitrogens is 2. The number of hydrogen-bond donors (Lipinski definition) is 1. The summed E-state index contributed by atoms with van der Waals surface area (Å²) in [6.45, 7) is 0.360. The molecule has 0 aromatic carbocycles. The first-order chi connectivity index (χ1) is 8.76. The Morgan fingerprint density at radius 2 is 2.28 bits per heavy atom. The number of ether oxygens (including phenoxy) is 1. The van der Waals surface area contributed by atoms with Gasteiger partial charge in [-0.15, -0.1) is 11.3 Å². The Balaban J connectivity index is 2.43. The molecule has 2 rings (SSSR count). The van der Waals surface area contributed by atoms with Gasteiger partial charge in [0.2, 0.25) is 0 Å². The number of hydrogen-bond acceptors (Lipinski definition) is 6. The van der Waals surface area contributed by atoms with Gasteiger partial charge in [0.15, 0.2) is 5.82 Å². The molecule has 0 aliphatic carbocycles. The van der Waals surface area contributed by atoms with E-state index in [1.165, 1.54) is 11.3 Å². The van der Waals surface area contributed by atoms with Crippen LogP contribution in [-0.2, 0) is 11.3 Å². The van der Waals surface area contributed by atoms with Crippen LogP contribution in [0.4, 0.5) is 5.82 Å². The molecule has 2 aromatic heterocycles. The van der Waals surface area contributed by atoms with E-state index in [1.807, 2.05) is 12.1 Å². The van der Waals surface area contributed by atoms with Crippen molar-refractivity contribution in [3.8, 4) is 16.6 Å². The summed E-state index contributed by atoms with van der Waals surface area (Å²) in [6.07, 6.45) is 0. The molecule has 0 aliphatic heterocycles. The highest BCUT2D eigenvalue weighted by Crippen LogP contribution is 2.27. The van der Waals surface area contributed by atoms with E-state index in [-0.39, 0.29) is 0 Å². The largest absolute Gasteiger partial charge is 0.377 e. The smallest absolute Gasteiger partial charge is 0.157 e. The van der Waals surface area contributed by atoms with E-state index in [9.17, 15) is 0 Å². The summed E-state index contributed by atoms with van der Waals surface area (Å²) < 4.78 is 5.04. The van der Waals surface area contributed by atoms with Gasteiger partial charge in [-0.05, 0) is 12.1 Å². The van der Waals surface area contributed by atoms with E-state index in [2.05, 4.69) is 21.4 Å². The lowest BCUT2D eigenvalue weighted by Crippen LogP contribution is -2.02. The van der Waals surface area contributed by atoms with Crippen LogP contribution in [0.25, 0.3) is 10.6 Å². The zero-order chi connectivity index (χ0) is 13.0. The molecule has 0 saturated heterocycles. The highest BCUT2D eigenvalue weighted by atomic mass is 32.1. The molecule has 0 fully saturated rings. The van der Waals surface area contributed by atoms with Gasteiger partial charge in [-0.3, -0.25) is 0 Å². The Bertz CT molecular complexity index is 588. The first-order valence-corrected chi connectivity index (χ1v) is 6.13. The van der Waals surface area contributed by atoms with Crippen LogP contribution in [0.2, 0.25) is 0 Å². The second kappa shape index (κ2) is 5.58. The molecule has 18 heavy (non-hydrogen) atoms. The number of rotatable bonds is 4. The van der Waals surface area contributed by atoms with Crippen molar-refractivity contribution in [2.45, 2.75) is 6.61 Å². The van der Waals surface area contributed by atoms with Crippen LogP contribution in [-0.4, -0.2) is 24.1 Å². The molecule has 0 saturated carbocycles. The monoisotopic (exact) mass is 260 g/mol. The summed E-state index contributed by atoms with van der Waals surface area (Å²) >= 11 is 1.41. The lowest BCUT2D eigenvalue weighted by molar-refractivity contribution is 0.178. The van der Waals surface area contributed by atoms with Gasteiger partial charge in [-0.2, -0.15) is 5.26 Å². The minimum absolute atomic E-state index is 0.360. The molecule has 2 heterocycles. The third kappa shape index (κ3) is 2.64. The summed E-state index contributed by atoms with van der Waals surface area (Å²) in [5.41, 5.74) is 0.799. The molecule has 0 atom stereocenters. The van der Waals surface area contributed by atoms with E-state index < -0.39 is 0 Å². The molecule has 1 N–H and O–H groups in total. The fourth-order valence-corrected chi connectivity index (χ4v) is 2.24. The predicted octanol–water partition coefficient (Wildman–Crippen LogP) is 2.26. The molecule has 6 heteroatoms. The highest BCUT2D eigenvalue weighted by Gasteiger charge is 2.08. The first-order valence-electron chi connectivity index (χ1n) is 5.31. The Morgan fingerprint density at radius 3 is 2.89 bits per heavy atom. The number of nitrogens with zero attached hydrogens (tertiary/aromatic N) is 3. The number of anilines is 1. The molecule has 0 spiro atoms. The van der Waals surface area contributed by atoms with Crippen molar-refractivity contribution in [3.63, 3.8) is 0 Å². The standard InChI is InChI=1S/C12H12N4OS/c1-14-11-5-9(15-12(16-11)7-17-2)10-4-3-8(6-13)18-10/h3-5H,7H2,1-2H3,(H,14,15,16). The summed E-state index contributed by atoms with van der Waals surface area (Å²) in [4.78, 5) is 10.3. The van der Waals surface area contributed by atoms with Gasteiger partial charge in [-0.1, -0.05) is 0 Å². The van der Waals surface area contributed by atoms with Crippen molar-refractivity contribution >= 4 is 17.2 Å². The van der Waals surface area contributed by atoms with Crippen LogP contribution >= 0.6 is 11.3 Å². The van der Waals surface area contributed by atoms with Crippen molar-refractivity contribution in [1.29, 1.82) is 5.26 Å². The van der Waals surface area contributed by atoms with Crippen LogP contribution in [0.3, 0.4) is 0 Å². The minimum atomic E-state index is 0.360. The van der Waals surface area contributed by atoms with E-state index in [1.54, 1.807) is 20.2 Å². The van der Waals surface area contributed by atoms with Crippen LogP contribution in [0, 0.1) is 11.3 Å². The fourth-order valence-electron chi connectivity index (χ4n) is 1.48. The van der Waals surface area contributed by atoms with Gasteiger partial charge >= 0.3 is 0 Å². The number of methoxy groups -OCH3 is 1. The predicted molar refractivity (Wildman–Crippen MR) is 70.3 cm³/mol. The van der Waals surface area contributed by atoms with Crippen LogP contribution in [0.15, 0.2) is 18.2 Å². The van der Waals surface area contributed by atoms with E-state index in [0.717, 1.165) is 16.4 Å². The average molecular weight is 260 g/mol. The SMILES string of the molecule is CNc1cc(-c2ccc(C#N)s2)nc(COC)n1. The van der Waals surface area contributed by atoms with Crippen LogP contribution < -0.4 is 5.32 Å². The molecule has 2 aromatic rings. The summed E-state index contributed by atoms with van der Waals surface area (Å²) in [5.74, 6) is 1.35. The first kappa shape index (κ1) is 12.5. The van der Waals surface area contributed by atoms with E-state index in [4.69, 9.17) is 10.00 Å². The van der Waals surface area contributed by atoms with Crippen LogP contribution in [0.1, 0.15) is 10.7 Å². The molecule has 0 bridgehead atoms. The van der Waals surface area contributed by atoms with Crippen molar-refractivity contribution in [2.75, 3.05) is 19.5 Å².